The number of halogens is 1. The van der Waals surface area contributed by atoms with E-state index in [4.69, 9.17) is 0 Å². The quantitative estimate of drug-likeness (QED) is 0.742. The molecule has 0 aromatic carbocycles. The third-order valence-electron chi connectivity index (χ3n) is 3.51. The highest BCUT2D eigenvalue weighted by Crippen LogP contribution is 2.17. The highest BCUT2D eigenvalue weighted by molar-refractivity contribution is 7.09. The molecule has 0 amide bonds. The Morgan fingerprint density at radius 3 is 2.95 bits per heavy atom. The van der Waals surface area contributed by atoms with Gasteiger partial charge in [0, 0.05) is 18.9 Å². The van der Waals surface area contributed by atoms with Gasteiger partial charge in [0.25, 0.3) is 11.5 Å². The van der Waals surface area contributed by atoms with E-state index >= 15 is 0 Å². The molecule has 3 nitrogen and oxygen atoms in total. The molecule has 1 unspecified atom stereocenters. The minimum absolute atomic E-state index is 0.477. The Bertz CT molecular complexity index is 669. The molecule has 1 saturated heterocycles. The minimum atomic E-state index is -0.719. The highest BCUT2D eigenvalue weighted by Gasteiger charge is 2.25. The molecule has 5 heteroatoms. The van der Waals surface area contributed by atoms with E-state index in [1.54, 1.807) is 11.3 Å². The zero-order chi connectivity index (χ0) is 14.7. The summed E-state index contributed by atoms with van der Waals surface area (Å²) in [5.41, 5.74) is 1.85. The third-order valence-corrected chi connectivity index (χ3v) is 4.32. The molecule has 0 spiro atoms. The molecule has 1 fully saturated rings. The second-order valence-corrected chi connectivity index (χ2v) is 6.31. The van der Waals surface area contributed by atoms with Crippen LogP contribution in [0.5, 0.6) is 0 Å². The SMILES string of the molecule is Cc1[nH+]c(C#Cc2ccc(N3CCCC(F)C3)[nH+]c2)cs1. The number of rotatable bonds is 1. The molecule has 0 radical (unpaired) electrons. The first-order chi connectivity index (χ1) is 10.2. The predicted molar refractivity (Wildman–Crippen MR) is 80.9 cm³/mol. The molecule has 1 aliphatic rings. The highest BCUT2D eigenvalue weighted by atomic mass is 32.1. The van der Waals surface area contributed by atoms with Gasteiger partial charge in [0.2, 0.25) is 5.01 Å². The number of hydrogen-bond donors (Lipinski definition) is 0. The largest absolute Gasteiger partial charge is 0.274 e. The van der Waals surface area contributed by atoms with Crippen molar-refractivity contribution < 1.29 is 14.4 Å². The Morgan fingerprint density at radius 2 is 2.29 bits per heavy atom. The Labute approximate surface area is 127 Å². The molecule has 2 aromatic rings. The van der Waals surface area contributed by atoms with E-state index in [2.05, 4.69) is 26.7 Å². The van der Waals surface area contributed by atoms with Crippen molar-refractivity contribution in [2.24, 2.45) is 0 Å². The van der Waals surface area contributed by atoms with Gasteiger partial charge in [0.1, 0.15) is 18.9 Å². The normalized spacial score (nSPS) is 18.2. The molecule has 108 valence electrons. The molecular weight excluding hydrogens is 285 g/mol. The lowest BCUT2D eigenvalue weighted by Gasteiger charge is -2.23. The van der Waals surface area contributed by atoms with Crippen molar-refractivity contribution in [2.75, 3.05) is 18.0 Å². The van der Waals surface area contributed by atoms with E-state index in [0.717, 1.165) is 35.0 Å². The number of aromatic nitrogens is 2. The Balaban J connectivity index is 1.71. The summed E-state index contributed by atoms with van der Waals surface area (Å²) < 4.78 is 13.4. The number of thiazole rings is 1. The van der Waals surface area contributed by atoms with Crippen molar-refractivity contribution >= 4 is 17.2 Å². The number of aryl methyl sites for hydroxylation is 1. The van der Waals surface area contributed by atoms with Crippen molar-refractivity contribution in [3.8, 4) is 11.8 Å². The molecule has 3 heterocycles. The minimum Gasteiger partial charge on any atom is -0.259 e. The maximum Gasteiger partial charge on any atom is 0.274 e. The number of alkyl halides is 1. The van der Waals surface area contributed by atoms with Gasteiger partial charge < -0.3 is 0 Å². The monoisotopic (exact) mass is 303 g/mol. The second kappa shape index (κ2) is 6.23. The first-order valence-electron chi connectivity index (χ1n) is 7.11. The summed E-state index contributed by atoms with van der Waals surface area (Å²) in [7, 11) is 0. The van der Waals surface area contributed by atoms with Crippen LogP contribution >= 0.6 is 11.3 Å². The van der Waals surface area contributed by atoms with Crippen LogP contribution in [0.15, 0.2) is 23.7 Å². The molecule has 2 aromatic heterocycles. The van der Waals surface area contributed by atoms with E-state index in [1.165, 1.54) is 0 Å². The number of nitrogens with one attached hydrogen (secondary N) is 2. The predicted octanol–water partition coefficient (Wildman–Crippen LogP) is 2.02. The van der Waals surface area contributed by atoms with Gasteiger partial charge in [-0.1, -0.05) is 17.3 Å². The number of nitrogens with zero attached hydrogens (tertiary/aromatic N) is 1. The van der Waals surface area contributed by atoms with Crippen LogP contribution in [-0.4, -0.2) is 19.3 Å². The first kappa shape index (κ1) is 14.0. The van der Waals surface area contributed by atoms with Crippen LogP contribution in [0.4, 0.5) is 10.2 Å². The fourth-order valence-corrected chi connectivity index (χ4v) is 3.01. The van der Waals surface area contributed by atoms with Gasteiger partial charge in [-0.05, 0) is 18.9 Å². The average molecular weight is 303 g/mol. The summed E-state index contributed by atoms with van der Waals surface area (Å²) in [5, 5.41) is 3.15. The van der Waals surface area contributed by atoms with Gasteiger partial charge in [0.15, 0.2) is 0 Å². The zero-order valence-corrected chi connectivity index (χ0v) is 12.8. The summed E-state index contributed by atoms with van der Waals surface area (Å²) in [6, 6.07) is 3.95. The number of piperidine rings is 1. The van der Waals surface area contributed by atoms with Crippen LogP contribution in [0.25, 0.3) is 0 Å². The summed E-state index contributed by atoms with van der Waals surface area (Å²) in [4.78, 5) is 8.47. The van der Waals surface area contributed by atoms with Gasteiger partial charge in [-0.25, -0.2) is 9.37 Å². The van der Waals surface area contributed by atoms with Gasteiger partial charge in [0.05, 0.1) is 17.5 Å². The maximum atomic E-state index is 13.4. The van der Waals surface area contributed by atoms with Crippen molar-refractivity contribution in [1.29, 1.82) is 0 Å². The van der Waals surface area contributed by atoms with Crippen LogP contribution in [0, 0.1) is 18.8 Å². The smallest absolute Gasteiger partial charge is 0.259 e. The molecule has 1 atom stereocenters. The summed E-state index contributed by atoms with van der Waals surface area (Å²) in [6.45, 7) is 3.41. The number of anilines is 1. The van der Waals surface area contributed by atoms with Crippen molar-refractivity contribution in [2.45, 2.75) is 25.9 Å². The van der Waals surface area contributed by atoms with E-state index in [-0.39, 0.29) is 0 Å². The van der Waals surface area contributed by atoms with Crippen molar-refractivity contribution in [1.82, 2.24) is 0 Å². The zero-order valence-electron chi connectivity index (χ0n) is 11.9. The molecule has 0 aliphatic carbocycles. The van der Waals surface area contributed by atoms with Crippen LogP contribution in [0.3, 0.4) is 0 Å². The lowest BCUT2D eigenvalue weighted by Crippen LogP contribution is -2.39. The fraction of sp³-hybridized carbons (Fsp3) is 0.375. The van der Waals surface area contributed by atoms with Crippen LogP contribution in [0.2, 0.25) is 0 Å². The number of H-pyrrole nitrogens is 2. The van der Waals surface area contributed by atoms with Crippen LogP contribution in [-0.2, 0) is 0 Å². The molecular formula is C16H18FN3S+2. The lowest BCUT2D eigenvalue weighted by atomic mass is 10.1. The van der Waals surface area contributed by atoms with E-state index in [1.807, 2.05) is 30.6 Å². The number of hydrogen-bond acceptors (Lipinski definition) is 2. The molecule has 21 heavy (non-hydrogen) atoms. The molecule has 0 saturated carbocycles. The van der Waals surface area contributed by atoms with E-state index in [0.29, 0.717) is 13.0 Å². The van der Waals surface area contributed by atoms with Crippen LogP contribution < -0.4 is 14.9 Å². The topological polar surface area (TPSA) is 31.5 Å². The van der Waals surface area contributed by atoms with Crippen molar-refractivity contribution in [3.05, 3.63) is 40.0 Å². The maximum absolute atomic E-state index is 13.4. The Kier molecular flexibility index (Phi) is 4.16. The summed E-state index contributed by atoms with van der Waals surface area (Å²) in [6.07, 6.45) is 2.74. The standard InChI is InChI=1S/C16H16FN3S/c1-12-19-15(11-21-12)6-4-13-5-7-16(18-9-13)20-8-2-3-14(17)10-20/h5,7,9,11,14H,2-3,8,10H2,1H3/p+2. The summed E-state index contributed by atoms with van der Waals surface area (Å²) >= 11 is 1.65. The summed E-state index contributed by atoms with van der Waals surface area (Å²) in [5.74, 6) is 7.17. The van der Waals surface area contributed by atoms with E-state index in [9.17, 15) is 4.39 Å². The van der Waals surface area contributed by atoms with Gasteiger partial charge in [-0.15, -0.1) is 0 Å². The molecule has 2 N–H and O–H groups in total. The van der Waals surface area contributed by atoms with Gasteiger partial charge in [-0.3, -0.25) is 4.90 Å². The van der Waals surface area contributed by atoms with Gasteiger partial charge >= 0.3 is 0 Å². The first-order valence-corrected chi connectivity index (χ1v) is 7.99. The number of pyridine rings is 1. The number of aromatic amines is 2. The lowest BCUT2D eigenvalue weighted by molar-refractivity contribution is -0.383. The Morgan fingerprint density at radius 1 is 1.38 bits per heavy atom. The molecule has 3 rings (SSSR count). The van der Waals surface area contributed by atoms with Crippen molar-refractivity contribution in [3.63, 3.8) is 0 Å². The third kappa shape index (κ3) is 3.59. The van der Waals surface area contributed by atoms with Gasteiger partial charge in [-0.2, -0.15) is 4.98 Å². The Hall–Kier alpha value is -1.93. The molecule has 0 bridgehead atoms. The van der Waals surface area contributed by atoms with E-state index < -0.39 is 6.17 Å². The van der Waals surface area contributed by atoms with Crippen LogP contribution in [0.1, 0.15) is 29.1 Å². The fourth-order valence-electron chi connectivity index (χ4n) is 2.43. The molecule has 1 aliphatic heterocycles. The second-order valence-electron chi connectivity index (χ2n) is 5.23. The average Bonchev–Trinajstić information content (AvgIpc) is 2.91.